The molecule has 0 saturated carbocycles. The quantitative estimate of drug-likeness (QED) is 0.0254. The van der Waals surface area contributed by atoms with Gasteiger partial charge >= 0.3 is 19.8 Å². The van der Waals surface area contributed by atoms with Gasteiger partial charge in [-0.1, -0.05) is 120 Å². The number of rotatable bonds is 34. The third-order valence-corrected chi connectivity index (χ3v) is 8.37. The average molecular weight is 727 g/mol. The Balaban J connectivity index is 4.51. The van der Waals surface area contributed by atoms with E-state index in [2.05, 4.69) is 60.9 Å². The van der Waals surface area contributed by atoms with Crippen molar-refractivity contribution in [3.05, 3.63) is 60.8 Å². The Kier molecular flexibility index (Phi) is 33.5. The number of esters is 2. The van der Waals surface area contributed by atoms with Crippen molar-refractivity contribution in [2.24, 2.45) is 0 Å². The third kappa shape index (κ3) is 34.1. The maximum Gasteiger partial charge on any atom is 0.472 e. The number of carbonyl (C=O) groups is 2. The van der Waals surface area contributed by atoms with Gasteiger partial charge in [0.1, 0.15) is 12.7 Å². The molecule has 0 amide bonds. The van der Waals surface area contributed by atoms with Gasteiger partial charge in [0, 0.05) is 12.8 Å². The first-order valence-corrected chi connectivity index (χ1v) is 20.2. The van der Waals surface area contributed by atoms with Crippen molar-refractivity contribution < 1.29 is 47.8 Å². The Morgan fingerprint density at radius 1 is 0.620 bits per heavy atom. The molecule has 0 radical (unpaired) electrons. The topological polar surface area (TPSA) is 149 Å². The summed E-state index contributed by atoms with van der Waals surface area (Å²) in [6, 6.07) is 0. The second-order valence-electron chi connectivity index (χ2n) is 12.2. The van der Waals surface area contributed by atoms with E-state index in [0.29, 0.717) is 12.8 Å². The first-order chi connectivity index (χ1) is 24.2. The smallest absolute Gasteiger partial charge is 0.462 e. The number of phosphoric ester groups is 1. The van der Waals surface area contributed by atoms with Gasteiger partial charge in [-0.3, -0.25) is 18.6 Å². The van der Waals surface area contributed by atoms with E-state index >= 15 is 0 Å². The molecule has 0 saturated heterocycles. The van der Waals surface area contributed by atoms with E-state index in [-0.39, 0.29) is 19.4 Å². The van der Waals surface area contributed by atoms with E-state index in [1.807, 2.05) is 18.2 Å². The third-order valence-electron chi connectivity index (χ3n) is 7.42. The molecule has 0 aliphatic heterocycles. The van der Waals surface area contributed by atoms with Crippen molar-refractivity contribution in [3.8, 4) is 0 Å². The minimum Gasteiger partial charge on any atom is -0.462 e. The lowest BCUT2D eigenvalue weighted by Gasteiger charge is -2.20. The second-order valence-corrected chi connectivity index (χ2v) is 13.7. The highest BCUT2D eigenvalue weighted by atomic mass is 31.2. The van der Waals surface area contributed by atoms with Gasteiger partial charge in [0.2, 0.25) is 0 Å². The zero-order valence-corrected chi connectivity index (χ0v) is 31.7. The summed E-state index contributed by atoms with van der Waals surface area (Å²) in [5, 5.41) is 18.3. The molecule has 0 heterocycles. The van der Waals surface area contributed by atoms with E-state index in [9.17, 15) is 24.2 Å². The molecule has 10 nitrogen and oxygen atoms in total. The molecule has 0 aliphatic carbocycles. The lowest BCUT2D eigenvalue weighted by atomic mass is 10.1. The molecule has 0 aliphatic rings. The van der Waals surface area contributed by atoms with Gasteiger partial charge in [-0.2, -0.15) is 0 Å². The molecule has 3 atom stereocenters. The molecule has 0 fully saturated rings. The van der Waals surface area contributed by atoms with Crippen molar-refractivity contribution in [2.75, 3.05) is 26.4 Å². The number of ether oxygens (including phenoxy) is 2. The number of hydrogen-bond donors (Lipinski definition) is 3. The summed E-state index contributed by atoms with van der Waals surface area (Å²) in [6.07, 6.45) is 36.4. The summed E-state index contributed by atoms with van der Waals surface area (Å²) in [5.41, 5.74) is 0. The van der Waals surface area contributed by atoms with Crippen molar-refractivity contribution in [1.29, 1.82) is 0 Å². The van der Waals surface area contributed by atoms with Gasteiger partial charge < -0.3 is 24.6 Å². The van der Waals surface area contributed by atoms with Gasteiger partial charge in [-0.25, -0.2) is 4.57 Å². The van der Waals surface area contributed by atoms with Crippen LogP contribution < -0.4 is 0 Å². The first kappa shape index (κ1) is 47.7. The van der Waals surface area contributed by atoms with Crippen LogP contribution >= 0.6 is 7.82 Å². The predicted octanol–water partition coefficient (Wildman–Crippen LogP) is 9.16. The number of phosphoric acid groups is 1. The standard InChI is InChI=1S/C39H67O10P/c1-3-5-7-9-11-13-15-17-19-20-22-24-26-28-30-38(42)46-34-37(35-48-50(44,45)47-33-36(41)32-40)49-39(43)31-29-27-25-23-21-18-16-14-12-10-8-6-4-2/h6,8,12,14-15,17-18,21,25,27,36-37,40-41H,3-5,7,9-11,13,16,19-20,22-24,26,28-35H2,1-2H3,(H,44,45)/b8-6-,14-12-,17-15-,21-18-,27-25-. The minimum absolute atomic E-state index is 0.0590. The Labute approximate surface area is 302 Å². The van der Waals surface area contributed by atoms with Crippen molar-refractivity contribution >= 4 is 19.8 Å². The van der Waals surface area contributed by atoms with Crippen LogP contribution in [0.4, 0.5) is 0 Å². The zero-order chi connectivity index (χ0) is 37.0. The van der Waals surface area contributed by atoms with Gasteiger partial charge in [0.05, 0.1) is 19.8 Å². The van der Waals surface area contributed by atoms with Crippen molar-refractivity contribution in [3.63, 3.8) is 0 Å². The van der Waals surface area contributed by atoms with Crippen LogP contribution in [0.5, 0.6) is 0 Å². The summed E-state index contributed by atoms with van der Waals surface area (Å²) in [6.45, 7) is 2.13. The van der Waals surface area contributed by atoms with E-state index in [1.165, 1.54) is 32.1 Å². The molecule has 288 valence electrons. The molecule has 0 aromatic carbocycles. The van der Waals surface area contributed by atoms with E-state index in [0.717, 1.165) is 64.2 Å². The highest BCUT2D eigenvalue weighted by molar-refractivity contribution is 7.47. The Bertz CT molecular complexity index is 1020. The zero-order valence-electron chi connectivity index (χ0n) is 30.8. The average Bonchev–Trinajstić information content (AvgIpc) is 3.10. The molecule has 11 heteroatoms. The second kappa shape index (κ2) is 35.1. The van der Waals surface area contributed by atoms with Gasteiger partial charge in [-0.05, 0) is 64.2 Å². The number of carbonyl (C=O) groups excluding carboxylic acids is 2. The fraction of sp³-hybridized carbons (Fsp3) is 0.692. The molecule has 3 unspecified atom stereocenters. The Morgan fingerprint density at radius 2 is 1.14 bits per heavy atom. The number of aliphatic hydroxyl groups excluding tert-OH is 2. The lowest BCUT2D eigenvalue weighted by Crippen LogP contribution is -2.29. The summed E-state index contributed by atoms with van der Waals surface area (Å²) in [7, 11) is -4.63. The molecule has 0 aromatic rings. The lowest BCUT2D eigenvalue weighted by molar-refractivity contribution is -0.161. The molecule has 0 spiro atoms. The molecule has 0 rings (SSSR count). The monoisotopic (exact) mass is 726 g/mol. The largest absolute Gasteiger partial charge is 0.472 e. The normalized spacial score (nSPS) is 14.7. The first-order valence-electron chi connectivity index (χ1n) is 18.7. The number of unbranched alkanes of at least 4 members (excludes halogenated alkanes) is 10. The molecular formula is C39H67O10P. The highest BCUT2D eigenvalue weighted by Crippen LogP contribution is 2.43. The van der Waals surface area contributed by atoms with Crippen LogP contribution in [-0.2, 0) is 32.7 Å². The van der Waals surface area contributed by atoms with Gasteiger partial charge in [0.25, 0.3) is 0 Å². The van der Waals surface area contributed by atoms with Crippen LogP contribution in [0.3, 0.4) is 0 Å². The fourth-order valence-electron chi connectivity index (χ4n) is 4.53. The summed E-state index contributed by atoms with van der Waals surface area (Å²) in [5.74, 6) is -1.04. The van der Waals surface area contributed by atoms with Crippen LogP contribution in [0.25, 0.3) is 0 Å². The molecule has 0 aromatic heterocycles. The Hall–Kier alpha value is -2.33. The molecular weight excluding hydrogens is 659 g/mol. The van der Waals surface area contributed by atoms with Crippen LogP contribution in [-0.4, -0.2) is 65.7 Å². The van der Waals surface area contributed by atoms with Crippen LogP contribution in [0.2, 0.25) is 0 Å². The van der Waals surface area contributed by atoms with E-state index in [1.54, 1.807) is 0 Å². The van der Waals surface area contributed by atoms with E-state index in [4.69, 9.17) is 19.1 Å². The molecule has 50 heavy (non-hydrogen) atoms. The van der Waals surface area contributed by atoms with E-state index < -0.39 is 51.8 Å². The van der Waals surface area contributed by atoms with Crippen molar-refractivity contribution in [2.45, 2.75) is 148 Å². The summed E-state index contributed by atoms with van der Waals surface area (Å²) in [4.78, 5) is 34.7. The van der Waals surface area contributed by atoms with Crippen molar-refractivity contribution in [1.82, 2.24) is 0 Å². The Morgan fingerprint density at radius 3 is 1.74 bits per heavy atom. The highest BCUT2D eigenvalue weighted by Gasteiger charge is 2.27. The predicted molar refractivity (Wildman–Crippen MR) is 200 cm³/mol. The van der Waals surface area contributed by atoms with Crippen LogP contribution in [0, 0.1) is 0 Å². The van der Waals surface area contributed by atoms with Crippen LogP contribution in [0.15, 0.2) is 60.8 Å². The van der Waals surface area contributed by atoms with Gasteiger partial charge in [-0.15, -0.1) is 0 Å². The van der Waals surface area contributed by atoms with Crippen LogP contribution in [0.1, 0.15) is 136 Å². The minimum atomic E-state index is -4.63. The number of aliphatic hydroxyl groups is 2. The fourth-order valence-corrected chi connectivity index (χ4v) is 5.32. The maximum absolute atomic E-state index is 12.5. The molecule has 3 N–H and O–H groups in total. The number of allylic oxidation sites excluding steroid dienone is 10. The SMILES string of the molecule is CC/C=C\C/C=C\C/C=C\C/C=C\CCC(=O)OC(COC(=O)CCCCCCC/C=C\CCCCCCC)COP(=O)(O)OCC(O)CO. The number of hydrogen-bond acceptors (Lipinski definition) is 9. The summed E-state index contributed by atoms with van der Waals surface area (Å²) >= 11 is 0. The molecule has 0 bridgehead atoms. The maximum atomic E-state index is 12.5. The summed E-state index contributed by atoms with van der Waals surface area (Å²) < 4.78 is 32.4. The van der Waals surface area contributed by atoms with Gasteiger partial charge in [0.15, 0.2) is 6.10 Å².